The van der Waals surface area contributed by atoms with Crippen LogP contribution in [0.25, 0.3) is 0 Å². The van der Waals surface area contributed by atoms with E-state index in [1.54, 1.807) is 11.3 Å². The van der Waals surface area contributed by atoms with Crippen molar-refractivity contribution in [2.45, 2.75) is 13.1 Å². The monoisotopic (exact) mass is 294 g/mol. The Labute approximate surface area is 121 Å². The largest absolute Gasteiger partial charge is 0.351 e. The van der Waals surface area contributed by atoms with E-state index in [0.717, 1.165) is 15.5 Å². The van der Waals surface area contributed by atoms with E-state index in [4.69, 9.17) is 11.6 Å². The van der Waals surface area contributed by atoms with E-state index in [0.29, 0.717) is 19.6 Å². The molecule has 100 valence electrons. The van der Waals surface area contributed by atoms with Crippen LogP contribution in [-0.2, 0) is 17.9 Å². The van der Waals surface area contributed by atoms with Crippen LogP contribution < -0.4 is 10.6 Å². The molecule has 1 aromatic carbocycles. The number of carbonyl (C=O) groups excluding carboxylic acids is 1. The zero-order chi connectivity index (χ0) is 13.5. The molecule has 3 nitrogen and oxygen atoms in total. The van der Waals surface area contributed by atoms with Crippen LogP contribution in [0.3, 0.4) is 0 Å². The number of rotatable bonds is 6. The van der Waals surface area contributed by atoms with Crippen LogP contribution >= 0.6 is 22.9 Å². The molecule has 0 saturated carbocycles. The van der Waals surface area contributed by atoms with Gasteiger partial charge in [-0.1, -0.05) is 41.9 Å². The summed E-state index contributed by atoms with van der Waals surface area (Å²) < 4.78 is 0. The van der Waals surface area contributed by atoms with Crippen LogP contribution in [0.2, 0.25) is 5.02 Å². The third-order valence-corrected chi connectivity index (χ3v) is 3.82. The van der Waals surface area contributed by atoms with Crippen molar-refractivity contribution in [2.75, 3.05) is 6.54 Å². The first kappa shape index (κ1) is 14.1. The minimum absolute atomic E-state index is 0.00786. The van der Waals surface area contributed by atoms with Gasteiger partial charge < -0.3 is 10.6 Å². The predicted molar refractivity (Wildman–Crippen MR) is 79.3 cm³/mol. The molecule has 1 aromatic heterocycles. The van der Waals surface area contributed by atoms with Crippen LogP contribution in [0.15, 0.2) is 41.8 Å². The third-order valence-electron chi connectivity index (χ3n) is 2.54. The molecular weight excluding hydrogens is 280 g/mol. The molecule has 0 aliphatic carbocycles. The molecule has 0 aliphatic heterocycles. The lowest BCUT2D eigenvalue weighted by molar-refractivity contribution is -0.120. The van der Waals surface area contributed by atoms with Gasteiger partial charge in [0, 0.05) is 23.3 Å². The average molecular weight is 295 g/mol. The number of nitrogens with one attached hydrogen (secondary N) is 2. The Hall–Kier alpha value is -1.36. The maximum atomic E-state index is 11.6. The lowest BCUT2D eigenvalue weighted by Gasteiger charge is -2.06. The van der Waals surface area contributed by atoms with Gasteiger partial charge in [-0.2, -0.15) is 0 Å². The summed E-state index contributed by atoms with van der Waals surface area (Å²) in [6.45, 7) is 1.53. The van der Waals surface area contributed by atoms with Gasteiger partial charge in [-0.15, -0.1) is 11.3 Å². The van der Waals surface area contributed by atoms with Crippen molar-refractivity contribution in [1.29, 1.82) is 0 Å². The highest BCUT2D eigenvalue weighted by molar-refractivity contribution is 7.10. The van der Waals surface area contributed by atoms with Gasteiger partial charge in [0.1, 0.15) is 0 Å². The molecule has 2 N–H and O–H groups in total. The summed E-state index contributed by atoms with van der Waals surface area (Å²) in [6.07, 6.45) is 0. The summed E-state index contributed by atoms with van der Waals surface area (Å²) in [6, 6.07) is 11.8. The molecule has 5 heteroatoms. The summed E-state index contributed by atoms with van der Waals surface area (Å²) in [4.78, 5) is 12.7. The fourth-order valence-corrected chi connectivity index (χ4v) is 2.65. The average Bonchev–Trinajstić information content (AvgIpc) is 2.83. The molecule has 0 saturated heterocycles. The van der Waals surface area contributed by atoms with Gasteiger partial charge >= 0.3 is 0 Å². The number of halogens is 1. The van der Waals surface area contributed by atoms with Crippen LogP contribution in [0.5, 0.6) is 0 Å². The highest BCUT2D eigenvalue weighted by Gasteiger charge is 2.02. The maximum absolute atomic E-state index is 11.6. The molecule has 1 heterocycles. The molecule has 0 unspecified atom stereocenters. The number of hydrogen-bond donors (Lipinski definition) is 2. The van der Waals surface area contributed by atoms with Crippen molar-refractivity contribution >= 4 is 28.8 Å². The normalized spacial score (nSPS) is 10.4. The lowest BCUT2D eigenvalue weighted by atomic mass is 10.2. The number of hydrogen-bond acceptors (Lipinski definition) is 3. The van der Waals surface area contributed by atoms with Crippen molar-refractivity contribution in [3.63, 3.8) is 0 Å². The zero-order valence-corrected chi connectivity index (χ0v) is 11.9. The summed E-state index contributed by atoms with van der Waals surface area (Å²) in [7, 11) is 0. The van der Waals surface area contributed by atoms with Gasteiger partial charge in [0.2, 0.25) is 5.91 Å². The first-order valence-corrected chi connectivity index (χ1v) is 7.24. The molecule has 0 aliphatic rings. The van der Waals surface area contributed by atoms with E-state index < -0.39 is 0 Å². The molecule has 0 spiro atoms. The van der Waals surface area contributed by atoms with Crippen molar-refractivity contribution in [3.8, 4) is 0 Å². The van der Waals surface area contributed by atoms with Gasteiger partial charge in [-0.25, -0.2) is 0 Å². The minimum Gasteiger partial charge on any atom is -0.351 e. The first-order valence-electron chi connectivity index (χ1n) is 5.98. The molecule has 0 bridgehead atoms. The quantitative estimate of drug-likeness (QED) is 0.860. The van der Waals surface area contributed by atoms with Crippen LogP contribution in [0, 0.1) is 0 Å². The maximum Gasteiger partial charge on any atom is 0.234 e. The van der Waals surface area contributed by atoms with E-state index in [9.17, 15) is 4.79 Å². The minimum atomic E-state index is -0.00786. The predicted octanol–water partition coefficient (Wildman–Crippen LogP) is 2.81. The molecule has 0 radical (unpaired) electrons. The van der Waals surface area contributed by atoms with E-state index >= 15 is 0 Å². The molecule has 19 heavy (non-hydrogen) atoms. The fourth-order valence-electron chi connectivity index (χ4n) is 1.60. The fraction of sp³-hybridized carbons (Fsp3) is 0.214. The molecule has 0 atom stereocenters. The van der Waals surface area contributed by atoms with Gasteiger partial charge in [0.25, 0.3) is 0 Å². The van der Waals surface area contributed by atoms with Crippen LogP contribution in [0.1, 0.15) is 10.4 Å². The first-order chi connectivity index (χ1) is 9.24. The zero-order valence-electron chi connectivity index (χ0n) is 10.4. The number of thiophene rings is 1. The van der Waals surface area contributed by atoms with Crippen molar-refractivity contribution in [3.05, 3.63) is 57.2 Å². The second kappa shape index (κ2) is 7.28. The standard InChI is InChI=1S/C14H15ClN2OS/c15-12-6-13(19-10-12)8-16-9-14(18)17-7-11-4-2-1-3-5-11/h1-6,10,16H,7-9H2,(H,17,18). The third kappa shape index (κ3) is 5.03. The second-order valence-corrected chi connectivity index (χ2v) is 5.53. The van der Waals surface area contributed by atoms with Crippen LogP contribution in [-0.4, -0.2) is 12.5 Å². The van der Waals surface area contributed by atoms with Gasteiger partial charge in [-0.05, 0) is 11.6 Å². The Kier molecular flexibility index (Phi) is 5.39. The van der Waals surface area contributed by atoms with Crippen molar-refractivity contribution < 1.29 is 4.79 Å². The Morgan fingerprint density at radius 3 is 2.68 bits per heavy atom. The molecule has 1 amide bonds. The number of benzene rings is 1. The molecule has 0 fully saturated rings. The summed E-state index contributed by atoms with van der Waals surface area (Å²) in [5, 5.41) is 8.59. The smallest absolute Gasteiger partial charge is 0.234 e. The Balaban J connectivity index is 1.65. The Bertz CT molecular complexity index is 527. The van der Waals surface area contributed by atoms with E-state index in [2.05, 4.69) is 10.6 Å². The summed E-state index contributed by atoms with van der Waals surface area (Å²) in [5.41, 5.74) is 1.10. The topological polar surface area (TPSA) is 41.1 Å². The SMILES string of the molecule is O=C(CNCc1cc(Cl)cs1)NCc1ccccc1. The number of carbonyl (C=O) groups is 1. The van der Waals surface area contributed by atoms with Crippen molar-refractivity contribution in [1.82, 2.24) is 10.6 Å². The number of amides is 1. The Morgan fingerprint density at radius 2 is 2.00 bits per heavy atom. The van der Waals surface area contributed by atoms with E-state index in [-0.39, 0.29) is 5.91 Å². The van der Waals surface area contributed by atoms with Crippen molar-refractivity contribution in [2.24, 2.45) is 0 Å². The lowest BCUT2D eigenvalue weighted by Crippen LogP contribution is -2.33. The Morgan fingerprint density at radius 1 is 1.21 bits per heavy atom. The van der Waals surface area contributed by atoms with E-state index in [1.165, 1.54) is 0 Å². The summed E-state index contributed by atoms with van der Waals surface area (Å²) in [5.74, 6) is -0.00786. The molecule has 2 aromatic rings. The second-order valence-electron chi connectivity index (χ2n) is 4.10. The van der Waals surface area contributed by atoms with Gasteiger partial charge in [0.05, 0.1) is 11.6 Å². The highest BCUT2D eigenvalue weighted by atomic mass is 35.5. The summed E-state index contributed by atoms with van der Waals surface area (Å²) >= 11 is 7.41. The molecule has 2 rings (SSSR count). The molecular formula is C14H15ClN2OS. The van der Waals surface area contributed by atoms with Gasteiger partial charge in [0.15, 0.2) is 0 Å². The highest BCUT2D eigenvalue weighted by Crippen LogP contribution is 2.18. The van der Waals surface area contributed by atoms with Gasteiger partial charge in [-0.3, -0.25) is 4.79 Å². The van der Waals surface area contributed by atoms with E-state index in [1.807, 2.05) is 41.8 Å². The van der Waals surface area contributed by atoms with Crippen LogP contribution in [0.4, 0.5) is 0 Å².